The molecule has 0 fully saturated rings. The molecule has 1 aromatic rings. The summed E-state index contributed by atoms with van der Waals surface area (Å²) in [5.41, 5.74) is 1.10. The maximum Gasteiger partial charge on any atom is 0.257 e. The predicted molar refractivity (Wildman–Crippen MR) is 79.3 cm³/mol. The van der Waals surface area contributed by atoms with E-state index in [2.05, 4.69) is 17.6 Å². The summed E-state index contributed by atoms with van der Waals surface area (Å²) in [6.07, 6.45) is 0.908. The maximum atomic E-state index is 11.5. The first-order valence-corrected chi connectivity index (χ1v) is 6.87. The lowest BCUT2D eigenvalue weighted by Gasteiger charge is -2.15. The summed E-state index contributed by atoms with van der Waals surface area (Å²) in [4.78, 5) is 11.5. The molecule has 0 aliphatic rings. The van der Waals surface area contributed by atoms with Gasteiger partial charge in [0.25, 0.3) is 5.91 Å². The molecule has 0 aliphatic heterocycles. The summed E-state index contributed by atoms with van der Waals surface area (Å²) < 4.78 is 10.8. The van der Waals surface area contributed by atoms with Gasteiger partial charge in [-0.1, -0.05) is 13.0 Å². The van der Waals surface area contributed by atoms with Gasteiger partial charge in [-0.05, 0) is 38.1 Å². The van der Waals surface area contributed by atoms with Gasteiger partial charge in [-0.15, -0.1) is 0 Å². The Morgan fingerprint density at radius 3 is 2.70 bits per heavy atom. The number of benzene rings is 1. The molecular formula is C15H24N2O3. The highest BCUT2D eigenvalue weighted by Crippen LogP contribution is 2.30. The molecule has 0 saturated heterocycles. The SMILES string of the molecule is CCCNC(=O)COc1ccc(C(C)NC)cc1OC. The van der Waals surface area contributed by atoms with Gasteiger partial charge in [0.2, 0.25) is 0 Å². The smallest absolute Gasteiger partial charge is 0.257 e. The Morgan fingerprint density at radius 1 is 1.35 bits per heavy atom. The van der Waals surface area contributed by atoms with Gasteiger partial charge in [0.05, 0.1) is 7.11 Å². The number of amides is 1. The van der Waals surface area contributed by atoms with Gasteiger partial charge in [0.1, 0.15) is 0 Å². The molecular weight excluding hydrogens is 256 g/mol. The van der Waals surface area contributed by atoms with E-state index in [1.54, 1.807) is 7.11 Å². The summed E-state index contributed by atoms with van der Waals surface area (Å²) in [6.45, 7) is 4.73. The molecule has 1 atom stereocenters. The highest BCUT2D eigenvalue weighted by atomic mass is 16.5. The summed E-state index contributed by atoms with van der Waals surface area (Å²) >= 11 is 0. The number of nitrogens with one attached hydrogen (secondary N) is 2. The molecule has 5 heteroatoms. The Morgan fingerprint density at radius 2 is 2.10 bits per heavy atom. The lowest BCUT2D eigenvalue weighted by atomic mass is 10.1. The van der Waals surface area contributed by atoms with Crippen LogP contribution < -0.4 is 20.1 Å². The van der Waals surface area contributed by atoms with Crippen molar-refractivity contribution in [1.82, 2.24) is 10.6 Å². The van der Waals surface area contributed by atoms with Crippen molar-refractivity contribution in [3.05, 3.63) is 23.8 Å². The van der Waals surface area contributed by atoms with E-state index in [0.29, 0.717) is 18.0 Å². The molecule has 0 spiro atoms. The van der Waals surface area contributed by atoms with E-state index in [9.17, 15) is 4.79 Å². The van der Waals surface area contributed by atoms with Crippen LogP contribution in [0.15, 0.2) is 18.2 Å². The molecule has 0 heterocycles. The van der Waals surface area contributed by atoms with Crippen molar-refractivity contribution >= 4 is 5.91 Å². The molecule has 0 saturated carbocycles. The van der Waals surface area contributed by atoms with Crippen LogP contribution in [0.1, 0.15) is 31.9 Å². The number of carbonyl (C=O) groups excluding carboxylic acids is 1. The van der Waals surface area contributed by atoms with Crippen LogP contribution in [-0.4, -0.2) is 33.2 Å². The van der Waals surface area contributed by atoms with Gasteiger partial charge in [0, 0.05) is 12.6 Å². The fourth-order valence-electron chi connectivity index (χ4n) is 1.70. The Bertz CT molecular complexity index is 435. The lowest BCUT2D eigenvalue weighted by Crippen LogP contribution is -2.29. The van der Waals surface area contributed by atoms with Crippen LogP contribution in [-0.2, 0) is 4.79 Å². The number of methoxy groups -OCH3 is 1. The van der Waals surface area contributed by atoms with E-state index in [0.717, 1.165) is 12.0 Å². The number of carbonyl (C=O) groups is 1. The zero-order valence-corrected chi connectivity index (χ0v) is 12.7. The minimum absolute atomic E-state index is 0.00269. The summed E-state index contributed by atoms with van der Waals surface area (Å²) in [6, 6.07) is 5.93. The summed E-state index contributed by atoms with van der Waals surface area (Å²) in [7, 11) is 3.49. The van der Waals surface area contributed by atoms with Gasteiger partial charge in [-0.25, -0.2) is 0 Å². The molecule has 5 nitrogen and oxygen atoms in total. The monoisotopic (exact) mass is 280 g/mol. The molecule has 0 aliphatic carbocycles. The van der Waals surface area contributed by atoms with Gasteiger partial charge in [-0.3, -0.25) is 4.79 Å². The first kappa shape index (κ1) is 16.3. The molecule has 1 amide bonds. The molecule has 2 N–H and O–H groups in total. The van der Waals surface area contributed by atoms with E-state index in [1.165, 1.54) is 0 Å². The summed E-state index contributed by atoms with van der Waals surface area (Å²) in [5, 5.41) is 5.93. The number of hydrogen-bond acceptors (Lipinski definition) is 4. The highest BCUT2D eigenvalue weighted by Gasteiger charge is 2.10. The Labute approximate surface area is 120 Å². The van der Waals surface area contributed by atoms with Crippen LogP contribution in [0.3, 0.4) is 0 Å². The van der Waals surface area contributed by atoms with Gasteiger partial charge < -0.3 is 20.1 Å². The third-order valence-corrected chi connectivity index (χ3v) is 3.05. The van der Waals surface area contributed by atoms with Crippen molar-refractivity contribution in [2.45, 2.75) is 26.3 Å². The number of rotatable bonds is 8. The van der Waals surface area contributed by atoms with Crippen molar-refractivity contribution in [2.24, 2.45) is 0 Å². The Kier molecular flexibility index (Phi) is 6.87. The van der Waals surface area contributed by atoms with Crippen molar-refractivity contribution in [2.75, 3.05) is 27.3 Å². The standard InChI is InChI=1S/C15H24N2O3/c1-5-8-17-15(18)10-20-13-7-6-12(11(2)16-3)9-14(13)19-4/h6-7,9,11,16H,5,8,10H2,1-4H3,(H,17,18). The van der Waals surface area contributed by atoms with E-state index >= 15 is 0 Å². The molecule has 1 unspecified atom stereocenters. The average molecular weight is 280 g/mol. The second-order valence-electron chi connectivity index (χ2n) is 4.56. The molecule has 0 aromatic heterocycles. The fourth-order valence-corrected chi connectivity index (χ4v) is 1.70. The van der Waals surface area contributed by atoms with E-state index in [4.69, 9.17) is 9.47 Å². The van der Waals surface area contributed by atoms with Crippen LogP contribution >= 0.6 is 0 Å². The largest absolute Gasteiger partial charge is 0.493 e. The molecule has 20 heavy (non-hydrogen) atoms. The Hall–Kier alpha value is -1.75. The van der Waals surface area contributed by atoms with Crippen LogP contribution in [0, 0.1) is 0 Å². The zero-order valence-electron chi connectivity index (χ0n) is 12.7. The number of hydrogen-bond donors (Lipinski definition) is 2. The van der Waals surface area contributed by atoms with Crippen molar-refractivity contribution in [1.29, 1.82) is 0 Å². The molecule has 0 radical (unpaired) electrons. The second-order valence-corrected chi connectivity index (χ2v) is 4.56. The van der Waals surface area contributed by atoms with E-state index in [-0.39, 0.29) is 18.6 Å². The quantitative estimate of drug-likeness (QED) is 0.763. The first-order chi connectivity index (χ1) is 9.62. The van der Waals surface area contributed by atoms with Gasteiger partial charge in [0.15, 0.2) is 18.1 Å². The minimum atomic E-state index is -0.124. The molecule has 112 valence electrons. The lowest BCUT2D eigenvalue weighted by molar-refractivity contribution is -0.123. The maximum absolute atomic E-state index is 11.5. The third-order valence-electron chi connectivity index (χ3n) is 3.05. The third kappa shape index (κ3) is 4.74. The molecule has 1 aromatic carbocycles. The summed E-state index contributed by atoms with van der Waals surface area (Å²) in [5.74, 6) is 1.08. The van der Waals surface area contributed by atoms with Crippen LogP contribution in [0.5, 0.6) is 11.5 Å². The van der Waals surface area contributed by atoms with Crippen LogP contribution in [0.2, 0.25) is 0 Å². The Balaban J connectivity index is 2.68. The predicted octanol–water partition coefficient (Wildman–Crippen LogP) is 1.88. The fraction of sp³-hybridized carbons (Fsp3) is 0.533. The van der Waals surface area contributed by atoms with Gasteiger partial charge >= 0.3 is 0 Å². The normalized spacial score (nSPS) is 11.8. The van der Waals surface area contributed by atoms with Crippen LogP contribution in [0.25, 0.3) is 0 Å². The van der Waals surface area contributed by atoms with Gasteiger partial charge in [-0.2, -0.15) is 0 Å². The zero-order chi connectivity index (χ0) is 15.0. The van der Waals surface area contributed by atoms with E-state index in [1.807, 2.05) is 32.2 Å². The first-order valence-electron chi connectivity index (χ1n) is 6.87. The van der Waals surface area contributed by atoms with Crippen LogP contribution in [0.4, 0.5) is 0 Å². The number of ether oxygens (including phenoxy) is 2. The van der Waals surface area contributed by atoms with Crippen molar-refractivity contribution in [3.8, 4) is 11.5 Å². The second kappa shape index (κ2) is 8.43. The topological polar surface area (TPSA) is 59.6 Å². The van der Waals surface area contributed by atoms with Crippen molar-refractivity contribution < 1.29 is 14.3 Å². The molecule has 1 rings (SSSR count). The van der Waals surface area contributed by atoms with E-state index < -0.39 is 0 Å². The minimum Gasteiger partial charge on any atom is -0.493 e. The molecule has 0 bridgehead atoms. The average Bonchev–Trinajstić information content (AvgIpc) is 2.49. The van der Waals surface area contributed by atoms with Crippen molar-refractivity contribution in [3.63, 3.8) is 0 Å². The highest BCUT2D eigenvalue weighted by molar-refractivity contribution is 5.77.